The molecule has 0 aromatic heterocycles. The van der Waals surface area contributed by atoms with Gasteiger partial charge in [-0.05, 0) is 31.0 Å². The highest BCUT2D eigenvalue weighted by Gasteiger charge is 2.25. The summed E-state index contributed by atoms with van der Waals surface area (Å²) >= 11 is 0. The highest BCUT2D eigenvalue weighted by molar-refractivity contribution is 5.42. The Balaban J connectivity index is 1.80. The lowest BCUT2D eigenvalue weighted by Gasteiger charge is -2.36. The highest BCUT2D eigenvalue weighted by atomic mass is 16.5. The Bertz CT molecular complexity index is 470. The van der Waals surface area contributed by atoms with E-state index in [9.17, 15) is 0 Å². The Morgan fingerprint density at radius 2 is 2.20 bits per heavy atom. The Labute approximate surface area is 120 Å². The summed E-state index contributed by atoms with van der Waals surface area (Å²) in [5.41, 5.74) is 0.592. The van der Waals surface area contributed by atoms with Crippen molar-refractivity contribution in [3.05, 3.63) is 29.8 Å². The lowest BCUT2D eigenvalue weighted by Crippen LogP contribution is -2.45. The number of methoxy groups -OCH3 is 1. The number of para-hydroxylation sites is 1. The minimum Gasteiger partial charge on any atom is -0.491 e. The molecule has 1 heterocycles. The normalized spacial score (nSPS) is 23.2. The lowest BCUT2D eigenvalue weighted by atomic mass is 9.96. The van der Waals surface area contributed by atoms with Gasteiger partial charge < -0.3 is 9.47 Å². The zero-order valence-electron chi connectivity index (χ0n) is 12.2. The number of hydrogen-bond acceptors (Lipinski definition) is 4. The van der Waals surface area contributed by atoms with Crippen LogP contribution in [0.2, 0.25) is 0 Å². The van der Waals surface area contributed by atoms with Crippen LogP contribution in [0, 0.1) is 17.2 Å². The molecule has 2 unspecified atom stereocenters. The van der Waals surface area contributed by atoms with Crippen LogP contribution in [-0.4, -0.2) is 44.4 Å². The Morgan fingerprint density at radius 1 is 1.40 bits per heavy atom. The summed E-state index contributed by atoms with van der Waals surface area (Å²) in [6.07, 6.45) is 1.47. The first-order valence-corrected chi connectivity index (χ1v) is 7.11. The zero-order valence-corrected chi connectivity index (χ0v) is 12.2. The van der Waals surface area contributed by atoms with E-state index in [1.54, 1.807) is 13.2 Å². The van der Waals surface area contributed by atoms with Gasteiger partial charge in [0, 0.05) is 20.2 Å². The van der Waals surface area contributed by atoms with Gasteiger partial charge in [0.15, 0.2) is 0 Å². The second kappa shape index (κ2) is 7.28. The number of rotatable bonds is 5. The minimum atomic E-state index is 0.315. The second-order valence-corrected chi connectivity index (χ2v) is 5.30. The SMILES string of the molecule is COC1CN(CCOc2ccccc2C#N)CCC1C. The van der Waals surface area contributed by atoms with Gasteiger partial charge in [0.1, 0.15) is 18.4 Å². The summed E-state index contributed by atoms with van der Waals surface area (Å²) in [6.45, 7) is 5.76. The summed E-state index contributed by atoms with van der Waals surface area (Å²) in [5.74, 6) is 1.29. The molecule has 2 atom stereocenters. The van der Waals surface area contributed by atoms with Crippen LogP contribution >= 0.6 is 0 Å². The van der Waals surface area contributed by atoms with Gasteiger partial charge in [-0.3, -0.25) is 4.90 Å². The lowest BCUT2D eigenvalue weighted by molar-refractivity contribution is -0.00789. The number of likely N-dealkylation sites (tertiary alicyclic amines) is 1. The number of nitriles is 1. The molecule has 20 heavy (non-hydrogen) atoms. The first-order chi connectivity index (χ1) is 9.74. The van der Waals surface area contributed by atoms with Gasteiger partial charge in [-0.25, -0.2) is 0 Å². The standard InChI is InChI=1S/C16H22N2O2/c1-13-7-8-18(12-16(13)19-2)9-10-20-15-6-4-3-5-14(15)11-17/h3-6,13,16H,7-10,12H2,1-2H3. The minimum absolute atomic E-state index is 0.315. The maximum Gasteiger partial charge on any atom is 0.137 e. The molecule has 0 amide bonds. The van der Waals surface area contributed by atoms with Crippen LogP contribution in [0.25, 0.3) is 0 Å². The highest BCUT2D eigenvalue weighted by Crippen LogP contribution is 2.20. The number of ether oxygens (including phenoxy) is 2. The fourth-order valence-corrected chi connectivity index (χ4v) is 2.58. The molecule has 1 saturated heterocycles. The molecule has 1 aliphatic heterocycles. The summed E-state index contributed by atoms with van der Waals surface area (Å²) in [7, 11) is 1.78. The Kier molecular flexibility index (Phi) is 5.40. The molecular formula is C16H22N2O2. The maximum atomic E-state index is 9.01. The first kappa shape index (κ1) is 14.8. The molecule has 0 bridgehead atoms. The van der Waals surface area contributed by atoms with E-state index in [2.05, 4.69) is 17.9 Å². The summed E-state index contributed by atoms with van der Waals surface area (Å²) in [6, 6.07) is 9.50. The van der Waals surface area contributed by atoms with Crippen LogP contribution in [0.1, 0.15) is 18.9 Å². The number of piperidine rings is 1. The van der Waals surface area contributed by atoms with Crippen molar-refractivity contribution in [3.8, 4) is 11.8 Å². The number of hydrogen-bond donors (Lipinski definition) is 0. The van der Waals surface area contributed by atoms with Gasteiger partial charge in [0.2, 0.25) is 0 Å². The fraction of sp³-hybridized carbons (Fsp3) is 0.562. The van der Waals surface area contributed by atoms with E-state index < -0.39 is 0 Å². The molecule has 0 N–H and O–H groups in total. The Hall–Kier alpha value is -1.57. The summed E-state index contributed by atoms with van der Waals surface area (Å²) in [4.78, 5) is 2.36. The van der Waals surface area contributed by atoms with Crippen molar-refractivity contribution in [2.75, 3.05) is 33.4 Å². The second-order valence-electron chi connectivity index (χ2n) is 5.30. The van der Waals surface area contributed by atoms with E-state index in [1.807, 2.05) is 18.2 Å². The van der Waals surface area contributed by atoms with E-state index in [1.165, 1.54) is 0 Å². The molecule has 4 heteroatoms. The van der Waals surface area contributed by atoms with Crippen molar-refractivity contribution >= 4 is 0 Å². The smallest absolute Gasteiger partial charge is 0.137 e. The largest absolute Gasteiger partial charge is 0.491 e. The molecule has 1 aromatic rings. The summed E-state index contributed by atoms with van der Waals surface area (Å²) in [5, 5.41) is 9.01. The van der Waals surface area contributed by atoms with Crippen molar-refractivity contribution in [2.45, 2.75) is 19.4 Å². The topological polar surface area (TPSA) is 45.5 Å². The molecule has 0 spiro atoms. The molecule has 1 aromatic carbocycles. The average molecular weight is 274 g/mol. The van der Waals surface area contributed by atoms with Crippen LogP contribution in [-0.2, 0) is 4.74 Å². The quantitative estimate of drug-likeness (QED) is 0.826. The molecule has 1 fully saturated rings. The Morgan fingerprint density at radius 3 is 2.95 bits per heavy atom. The van der Waals surface area contributed by atoms with Crippen LogP contribution in [0.5, 0.6) is 5.75 Å². The summed E-state index contributed by atoms with van der Waals surface area (Å²) < 4.78 is 11.2. The molecule has 4 nitrogen and oxygen atoms in total. The third kappa shape index (κ3) is 3.72. The van der Waals surface area contributed by atoms with Crippen molar-refractivity contribution in [3.63, 3.8) is 0 Å². The van der Waals surface area contributed by atoms with Crippen LogP contribution < -0.4 is 4.74 Å². The van der Waals surface area contributed by atoms with Crippen molar-refractivity contribution in [1.82, 2.24) is 4.90 Å². The van der Waals surface area contributed by atoms with Crippen molar-refractivity contribution < 1.29 is 9.47 Å². The third-order valence-corrected chi connectivity index (χ3v) is 3.95. The predicted octanol–water partition coefficient (Wildman–Crippen LogP) is 2.29. The van der Waals surface area contributed by atoms with E-state index in [4.69, 9.17) is 14.7 Å². The van der Waals surface area contributed by atoms with Gasteiger partial charge in [0.25, 0.3) is 0 Å². The molecule has 0 aliphatic carbocycles. The number of nitrogens with zero attached hydrogens (tertiary/aromatic N) is 2. The van der Waals surface area contributed by atoms with E-state index >= 15 is 0 Å². The molecule has 2 rings (SSSR count). The molecule has 108 valence electrons. The first-order valence-electron chi connectivity index (χ1n) is 7.11. The van der Waals surface area contributed by atoms with Gasteiger partial charge >= 0.3 is 0 Å². The molecule has 0 saturated carbocycles. The average Bonchev–Trinajstić information content (AvgIpc) is 2.49. The maximum absolute atomic E-state index is 9.01. The van der Waals surface area contributed by atoms with Gasteiger partial charge in [-0.15, -0.1) is 0 Å². The van der Waals surface area contributed by atoms with Gasteiger partial charge in [-0.2, -0.15) is 5.26 Å². The monoisotopic (exact) mass is 274 g/mol. The number of benzene rings is 1. The van der Waals surface area contributed by atoms with Gasteiger partial charge in [0.05, 0.1) is 11.7 Å². The van der Waals surface area contributed by atoms with Crippen LogP contribution in [0.3, 0.4) is 0 Å². The van der Waals surface area contributed by atoms with Crippen molar-refractivity contribution in [2.24, 2.45) is 5.92 Å². The molecule has 0 radical (unpaired) electrons. The van der Waals surface area contributed by atoms with Gasteiger partial charge in [-0.1, -0.05) is 19.1 Å². The zero-order chi connectivity index (χ0) is 14.4. The predicted molar refractivity (Wildman–Crippen MR) is 77.7 cm³/mol. The van der Waals surface area contributed by atoms with Crippen LogP contribution in [0.15, 0.2) is 24.3 Å². The van der Waals surface area contributed by atoms with E-state index in [0.29, 0.717) is 29.9 Å². The third-order valence-electron chi connectivity index (χ3n) is 3.95. The fourth-order valence-electron chi connectivity index (χ4n) is 2.58. The molecule has 1 aliphatic rings. The van der Waals surface area contributed by atoms with Crippen LogP contribution in [0.4, 0.5) is 0 Å². The van der Waals surface area contributed by atoms with E-state index in [-0.39, 0.29) is 0 Å². The molecular weight excluding hydrogens is 252 g/mol. The van der Waals surface area contributed by atoms with Crippen molar-refractivity contribution in [1.29, 1.82) is 5.26 Å². The van der Waals surface area contributed by atoms with E-state index in [0.717, 1.165) is 26.1 Å².